The van der Waals surface area contributed by atoms with Gasteiger partial charge in [0.1, 0.15) is 11.6 Å². The van der Waals surface area contributed by atoms with Crippen molar-refractivity contribution in [2.75, 3.05) is 0 Å². The molecule has 0 aliphatic heterocycles. The molecular weight excluding hydrogens is 318 g/mol. The number of aryl methyl sites for hydroxylation is 2. The minimum absolute atomic E-state index is 0.802. The molecular formula is C23H27N3. The van der Waals surface area contributed by atoms with Crippen molar-refractivity contribution < 1.29 is 0 Å². The molecule has 0 saturated carbocycles. The van der Waals surface area contributed by atoms with Crippen LogP contribution in [0.1, 0.15) is 51.2 Å². The Morgan fingerprint density at radius 1 is 0.615 bits per heavy atom. The van der Waals surface area contributed by atoms with Gasteiger partial charge in [-0.1, -0.05) is 81.3 Å². The molecule has 0 aliphatic rings. The molecule has 1 aromatic heterocycles. The number of benzene rings is 2. The van der Waals surface area contributed by atoms with E-state index in [2.05, 4.69) is 62.4 Å². The van der Waals surface area contributed by atoms with E-state index in [9.17, 15) is 0 Å². The van der Waals surface area contributed by atoms with Crippen molar-refractivity contribution in [2.45, 2.75) is 52.4 Å². The van der Waals surface area contributed by atoms with Crippen LogP contribution < -0.4 is 0 Å². The van der Waals surface area contributed by atoms with Crippen LogP contribution in [0, 0.1) is 0 Å². The van der Waals surface area contributed by atoms with Crippen LogP contribution in [-0.2, 0) is 12.8 Å². The summed E-state index contributed by atoms with van der Waals surface area (Å²) >= 11 is 0. The third kappa shape index (κ3) is 4.54. The molecule has 26 heavy (non-hydrogen) atoms. The lowest BCUT2D eigenvalue weighted by molar-refractivity contribution is 0.702. The van der Waals surface area contributed by atoms with Crippen molar-refractivity contribution in [3.8, 4) is 22.5 Å². The summed E-state index contributed by atoms with van der Waals surface area (Å²) < 4.78 is 0. The summed E-state index contributed by atoms with van der Waals surface area (Å²) in [4.78, 5) is 14.3. The maximum Gasteiger partial charge on any atom is 0.163 e. The van der Waals surface area contributed by atoms with Crippen molar-refractivity contribution >= 4 is 0 Å². The van der Waals surface area contributed by atoms with Crippen LogP contribution in [-0.4, -0.2) is 15.0 Å². The van der Waals surface area contributed by atoms with E-state index in [0.29, 0.717) is 0 Å². The lowest BCUT2D eigenvalue weighted by Crippen LogP contribution is -2.06. The Bertz CT molecular complexity index is 802. The fraction of sp³-hybridized carbons (Fsp3) is 0.348. The van der Waals surface area contributed by atoms with Crippen molar-refractivity contribution in [3.05, 3.63) is 66.2 Å². The monoisotopic (exact) mass is 345 g/mol. The Balaban J connectivity index is 2.05. The van der Waals surface area contributed by atoms with Crippen molar-refractivity contribution in [1.29, 1.82) is 0 Å². The Morgan fingerprint density at radius 3 is 1.73 bits per heavy atom. The predicted octanol–water partition coefficient (Wildman–Crippen LogP) is 5.89. The first kappa shape index (κ1) is 18.2. The van der Waals surface area contributed by atoms with E-state index in [0.717, 1.165) is 61.6 Å². The molecule has 2 aromatic carbocycles. The Hall–Kier alpha value is -2.55. The number of hydrogen-bond acceptors (Lipinski definition) is 3. The van der Waals surface area contributed by atoms with Gasteiger partial charge in [-0.25, -0.2) is 15.0 Å². The molecule has 0 spiro atoms. The standard InChI is InChI=1S/C23H27N3/c1-3-5-16-21-24-22(17-6-4-2)26-23(25-21)20-15-11-10-14-19(20)18-12-8-7-9-13-18/h7-15H,3-6,16-17H2,1-2H3. The molecule has 0 amide bonds. The summed E-state index contributed by atoms with van der Waals surface area (Å²) in [5.74, 6) is 2.65. The summed E-state index contributed by atoms with van der Waals surface area (Å²) in [6.07, 6.45) is 6.34. The molecule has 3 aromatic rings. The summed E-state index contributed by atoms with van der Waals surface area (Å²) in [5.41, 5.74) is 3.44. The van der Waals surface area contributed by atoms with Crippen molar-refractivity contribution in [1.82, 2.24) is 15.0 Å². The molecule has 1 heterocycles. The number of unbranched alkanes of at least 4 members (excludes halogenated alkanes) is 2. The Morgan fingerprint density at radius 2 is 1.15 bits per heavy atom. The van der Waals surface area contributed by atoms with Gasteiger partial charge in [0.05, 0.1) is 0 Å². The second kappa shape index (κ2) is 9.23. The zero-order valence-corrected chi connectivity index (χ0v) is 15.8. The molecule has 0 atom stereocenters. The zero-order valence-electron chi connectivity index (χ0n) is 15.8. The molecule has 0 saturated heterocycles. The van der Waals surface area contributed by atoms with Crippen LogP contribution in [0.2, 0.25) is 0 Å². The summed E-state index contributed by atoms with van der Waals surface area (Å²) in [5, 5.41) is 0. The highest BCUT2D eigenvalue weighted by molar-refractivity contribution is 5.80. The van der Waals surface area contributed by atoms with Crippen LogP contribution in [0.5, 0.6) is 0 Å². The van der Waals surface area contributed by atoms with E-state index in [1.54, 1.807) is 0 Å². The van der Waals surface area contributed by atoms with Gasteiger partial charge in [-0.2, -0.15) is 0 Å². The fourth-order valence-corrected chi connectivity index (χ4v) is 3.03. The minimum Gasteiger partial charge on any atom is -0.218 e. The average Bonchev–Trinajstić information content (AvgIpc) is 2.71. The van der Waals surface area contributed by atoms with Gasteiger partial charge in [0.2, 0.25) is 0 Å². The molecule has 0 N–H and O–H groups in total. The smallest absolute Gasteiger partial charge is 0.163 e. The molecule has 3 rings (SSSR count). The Kier molecular flexibility index (Phi) is 6.48. The maximum atomic E-state index is 4.81. The van der Waals surface area contributed by atoms with E-state index in [1.165, 1.54) is 11.1 Å². The van der Waals surface area contributed by atoms with Gasteiger partial charge in [-0.05, 0) is 24.0 Å². The van der Waals surface area contributed by atoms with Crippen LogP contribution in [0.15, 0.2) is 54.6 Å². The Labute approximate surface area is 156 Å². The molecule has 134 valence electrons. The second-order valence-corrected chi connectivity index (χ2v) is 6.61. The van der Waals surface area contributed by atoms with Crippen molar-refractivity contribution in [3.63, 3.8) is 0 Å². The molecule has 3 heteroatoms. The SMILES string of the molecule is CCCCc1nc(CCCC)nc(-c2ccccc2-c2ccccc2)n1. The average molecular weight is 345 g/mol. The molecule has 0 fully saturated rings. The normalized spacial score (nSPS) is 10.8. The third-order valence-corrected chi connectivity index (χ3v) is 4.49. The van der Waals surface area contributed by atoms with E-state index >= 15 is 0 Å². The highest BCUT2D eigenvalue weighted by atomic mass is 15.0. The lowest BCUT2D eigenvalue weighted by Gasteiger charge is -2.11. The van der Waals surface area contributed by atoms with Crippen molar-refractivity contribution in [2.24, 2.45) is 0 Å². The molecule has 0 unspecified atom stereocenters. The largest absolute Gasteiger partial charge is 0.218 e. The topological polar surface area (TPSA) is 38.7 Å². The summed E-state index contributed by atoms with van der Waals surface area (Å²) in [6.45, 7) is 4.40. The molecule has 0 aliphatic carbocycles. The first-order valence-electron chi connectivity index (χ1n) is 9.70. The molecule has 3 nitrogen and oxygen atoms in total. The molecule has 0 radical (unpaired) electrons. The number of nitrogens with zero attached hydrogens (tertiary/aromatic N) is 3. The van der Waals surface area contributed by atoms with Gasteiger partial charge < -0.3 is 0 Å². The van der Waals surface area contributed by atoms with Crippen LogP contribution in [0.4, 0.5) is 0 Å². The van der Waals surface area contributed by atoms with Crippen LogP contribution >= 0.6 is 0 Å². The fourth-order valence-electron chi connectivity index (χ4n) is 3.03. The highest BCUT2D eigenvalue weighted by Gasteiger charge is 2.13. The number of rotatable bonds is 8. The van der Waals surface area contributed by atoms with Gasteiger partial charge in [0.15, 0.2) is 5.82 Å². The number of hydrogen-bond donors (Lipinski definition) is 0. The second-order valence-electron chi connectivity index (χ2n) is 6.61. The molecule has 0 bridgehead atoms. The zero-order chi connectivity index (χ0) is 18.2. The maximum absolute atomic E-state index is 4.81. The van der Waals surface area contributed by atoms with Gasteiger partial charge in [-0.15, -0.1) is 0 Å². The van der Waals surface area contributed by atoms with Gasteiger partial charge >= 0.3 is 0 Å². The minimum atomic E-state index is 0.802. The summed E-state index contributed by atoms with van der Waals surface area (Å²) in [7, 11) is 0. The van der Waals surface area contributed by atoms with Gasteiger partial charge in [0, 0.05) is 18.4 Å². The summed E-state index contributed by atoms with van der Waals surface area (Å²) in [6, 6.07) is 18.8. The first-order chi connectivity index (χ1) is 12.8. The van der Waals surface area contributed by atoms with Crippen LogP contribution in [0.25, 0.3) is 22.5 Å². The quantitative estimate of drug-likeness (QED) is 0.511. The predicted molar refractivity (Wildman–Crippen MR) is 108 cm³/mol. The van der Waals surface area contributed by atoms with E-state index < -0.39 is 0 Å². The van der Waals surface area contributed by atoms with E-state index in [1.807, 2.05) is 6.07 Å². The highest BCUT2D eigenvalue weighted by Crippen LogP contribution is 2.30. The van der Waals surface area contributed by atoms with E-state index in [-0.39, 0.29) is 0 Å². The van der Waals surface area contributed by atoms with E-state index in [4.69, 9.17) is 15.0 Å². The van der Waals surface area contributed by atoms with Gasteiger partial charge in [0.25, 0.3) is 0 Å². The third-order valence-electron chi connectivity index (χ3n) is 4.49. The lowest BCUT2D eigenvalue weighted by atomic mass is 9.99. The van der Waals surface area contributed by atoms with Gasteiger partial charge in [-0.3, -0.25) is 0 Å². The first-order valence-corrected chi connectivity index (χ1v) is 9.70. The number of aromatic nitrogens is 3. The van der Waals surface area contributed by atoms with Crippen LogP contribution in [0.3, 0.4) is 0 Å².